The first-order chi connectivity index (χ1) is 15.9. The fourth-order valence-electron chi connectivity index (χ4n) is 3.04. The van der Waals surface area contributed by atoms with E-state index < -0.39 is 17.8 Å². The predicted molar refractivity (Wildman–Crippen MR) is 125 cm³/mol. The van der Waals surface area contributed by atoms with Gasteiger partial charge in [-0.05, 0) is 31.2 Å². The standard InChI is InChI=1S/C23H24FN5O3S/c1-4-12-29-21(15(2)25-22(31)18-10-5-6-11-19(18)24)27-28-23(29)33-14-20(30)26-16-8-7-9-17(13-16)32-3/h4-11,13,15H,1,12,14H2,2-3H3,(H,25,31)(H,26,30)/t15-/m0/s1. The van der Waals surface area contributed by atoms with Crippen molar-refractivity contribution in [1.82, 2.24) is 20.1 Å². The molecule has 0 saturated carbocycles. The number of allylic oxidation sites excluding steroid dienone is 1. The third-order valence-electron chi connectivity index (χ3n) is 4.60. The maximum absolute atomic E-state index is 13.9. The molecule has 2 aromatic carbocycles. The van der Waals surface area contributed by atoms with Gasteiger partial charge in [0.1, 0.15) is 11.6 Å². The van der Waals surface area contributed by atoms with Crippen LogP contribution in [0.2, 0.25) is 0 Å². The highest BCUT2D eigenvalue weighted by atomic mass is 32.2. The molecule has 0 aliphatic heterocycles. The number of ether oxygens (including phenoxy) is 1. The molecule has 33 heavy (non-hydrogen) atoms. The predicted octanol–water partition coefficient (Wildman–Crippen LogP) is 3.83. The smallest absolute Gasteiger partial charge is 0.254 e. The van der Waals surface area contributed by atoms with Crippen molar-refractivity contribution in [1.29, 1.82) is 0 Å². The van der Waals surface area contributed by atoms with E-state index >= 15 is 0 Å². The zero-order valence-electron chi connectivity index (χ0n) is 18.2. The molecule has 8 nitrogen and oxygen atoms in total. The van der Waals surface area contributed by atoms with E-state index in [-0.39, 0.29) is 17.2 Å². The van der Waals surface area contributed by atoms with Crippen LogP contribution in [0.1, 0.15) is 29.1 Å². The lowest BCUT2D eigenvalue weighted by atomic mass is 10.2. The van der Waals surface area contributed by atoms with Crippen LogP contribution in [0.5, 0.6) is 5.75 Å². The molecule has 10 heteroatoms. The van der Waals surface area contributed by atoms with Gasteiger partial charge < -0.3 is 19.9 Å². The van der Waals surface area contributed by atoms with Crippen molar-refractivity contribution in [2.75, 3.05) is 18.2 Å². The number of amides is 2. The van der Waals surface area contributed by atoms with Crippen LogP contribution in [0.3, 0.4) is 0 Å². The molecule has 0 saturated heterocycles. The van der Waals surface area contributed by atoms with Crippen molar-refractivity contribution >= 4 is 29.3 Å². The van der Waals surface area contributed by atoms with Crippen LogP contribution in [0.15, 0.2) is 66.3 Å². The molecular formula is C23H24FN5O3S. The molecule has 2 N–H and O–H groups in total. The summed E-state index contributed by atoms with van der Waals surface area (Å²) in [6.45, 7) is 5.86. The van der Waals surface area contributed by atoms with Gasteiger partial charge in [0, 0.05) is 18.3 Å². The van der Waals surface area contributed by atoms with Crippen LogP contribution in [0.4, 0.5) is 10.1 Å². The summed E-state index contributed by atoms with van der Waals surface area (Å²) in [5, 5.41) is 14.4. The minimum atomic E-state index is -0.604. The molecule has 1 heterocycles. The van der Waals surface area contributed by atoms with Crippen LogP contribution >= 0.6 is 11.8 Å². The zero-order chi connectivity index (χ0) is 23.8. The third kappa shape index (κ3) is 6.19. The van der Waals surface area contributed by atoms with Gasteiger partial charge in [0.15, 0.2) is 11.0 Å². The lowest BCUT2D eigenvalue weighted by Crippen LogP contribution is -2.29. The summed E-state index contributed by atoms with van der Waals surface area (Å²) in [7, 11) is 1.56. The molecule has 0 fully saturated rings. The molecule has 0 aliphatic rings. The highest BCUT2D eigenvalue weighted by Gasteiger charge is 2.21. The van der Waals surface area contributed by atoms with E-state index in [1.54, 1.807) is 55.0 Å². The molecule has 0 aliphatic carbocycles. The fraction of sp³-hybridized carbons (Fsp3) is 0.217. The number of rotatable bonds is 10. The van der Waals surface area contributed by atoms with Crippen LogP contribution in [0.25, 0.3) is 0 Å². The molecule has 0 spiro atoms. The molecular weight excluding hydrogens is 445 g/mol. The summed E-state index contributed by atoms with van der Waals surface area (Å²) in [6.07, 6.45) is 1.67. The quantitative estimate of drug-likeness (QED) is 0.346. The molecule has 172 valence electrons. The second-order valence-electron chi connectivity index (χ2n) is 6.98. The largest absolute Gasteiger partial charge is 0.497 e. The van der Waals surface area contributed by atoms with E-state index in [2.05, 4.69) is 27.4 Å². The van der Waals surface area contributed by atoms with E-state index in [1.165, 1.54) is 30.0 Å². The number of carbonyl (C=O) groups excluding carboxylic acids is 2. The normalized spacial score (nSPS) is 11.5. The number of thioether (sulfide) groups is 1. The van der Waals surface area contributed by atoms with Gasteiger partial charge in [0.05, 0.1) is 24.5 Å². The fourth-order valence-corrected chi connectivity index (χ4v) is 3.79. The number of benzene rings is 2. The Balaban J connectivity index is 1.67. The van der Waals surface area contributed by atoms with Crippen molar-refractivity contribution in [2.45, 2.75) is 24.7 Å². The Morgan fingerprint density at radius 2 is 2.03 bits per heavy atom. The molecule has 3 rings (SSSR count). The number of anilines is 1. The van der Waals surface area contributed by atoms with Gasteiger partial charge in [-0.25, -0.2) is 4.39 Å². The van der Waals surface area contributed by atoms with Gasteiger partial charge in [0.2, 0.25) is 5.91 Å². The molecule has 1 aromatic heterocycles. The van der Waals surface area contributed by atoms with Crippen LogP contribution < -0.4 is 15.4 Å². The van der Waals surface area contributed by atoms with Crippen molar-refractivity contribution < 1.29 is 18.7 Å². The number of hydrogen-bond donors (Lipinski definition) is 2. The van der Waals surface area contributed by atoms with E-state index in [0.717, 1.165) is 0 Å². The Kier molecular flexibility index (Phi) is 8.20. The highest BCUT2D eigenvalue weighted by Crippen LogP contribution is 2.22. The lowest BCUT2D eigenvalue weighted by Gasteiger charge is -2.15. The van der Waals surface area contributed by atoms with Gasteiger partial charge in [-0.15, -0.1) is 16.8 Å². The summed E-state index contributed by atoms with van der Waals surface area (Å²) < 4.78 is 20.8. The summed E-state index contributed by atoms with van der Waals surface area (Å²) in [5.41, 5.74) is 0.570. The second-order valence-corrected chi connectivity index (χ2v) is 7.93. The number of nitrogens with zero attached hydrogens (tertiary/aromatic N) is 3. The monoisotopic (exact) mass is 469 g/mol. The molecule has 3 aromatic rings. The molecule has 1 atom stereocenters. The number of methoxy groups -OCH3 is 1. The topological polar surface area (TPSA) is 98.1 Å². The number of nitrogens with one attached hydrogen (secondary N) is 2. The van der Waals surface area contributed by atoms with E-state index in [4.69, 9.17) is 4.74 Å². The van der Waals surface area contributed by atoms with Crippen molar-refractivity contribution in [2.24, 2.45) is 0 Å². The summed E-state index contributed by atoms with van der Waals surface area (Å²) in [5.74, 6) is -0.169. The van der Waals surface area contributed by atoms with E-state index in [9.17, 15) is 14.0 Å². The maximum Gasteiger partial charge on any atom is 0.254 e. The highest BCUT2D eigenvalue weighted by molar-refractivity contribution is 7.99. The van der Waals surface area contributed by atoms with Gasteiger partial charge in [0.25, 0.3) is 5.91 Å². The Hall–Kier alpha value is -3.66. The number of carbonyl (C=O) groups is 2. The summed E-state index contributed by atoms with van der Waals surface area (Å²) >= 11 is 1.21. The van der Waals surface area contributed by atoms with E-state index in [1.807, 2.05) is 0 Å². The average Bonchev–Trinajstić information content (AvgIpc) is 3.21. The molecule has 0 unspecified atom stereocenters. The van der Waals surface area contributed by atoms with Crippen LogP contribution in [0, 0.1) is 5.82 Å². The van der Waals surface area contributed by atoms with Gasteiger partial charge in [-0.1, -0.05) is 36.0 Å². The first-order valence-corrected chi connectivity index (χ1v) is 11.1. The van der Waals surface area contributed by atoms with E-state index in [0.29, 0.717) is 29.0 Å². The molecule has 0 radical (unpaired) electrons. The van der Waals surface area contributed by atoms with Crippen molar-refractivity contribution in [3.05, 3.63) is 78.4 Å². The van der Waals surface area contributed by atoms with Crippen molar-refractivity contribution in [3.63, 3.8) is 0 Å². The Bertz CT molecular complexity index is 1150. The first kappa shape index (κ1) is 24.0. The van der Waals surface area contributed by atoms with Gasteiger partial charge in [-0.3, -0.25) is 9.59 Å². The third-order valence-corrected chi connectivity index (χ3v) is 5.56. The Morgan fingerprint density at radius 1 is 1.24 bits per heavy atom. The Morgan fingerprint density at radius 3 is 2.76 bits per heavy atom. The summed E-state index contributed by atoms with van der Waals surface area (Å²) in [4.78, 5) is 24.9. The van der Waals surface area contributed by atoms with Crippen LogP contribution in [-0.4, -0.2) is 39.4 Å². The van der Waals surface area contributed by atoms with Gasteiger partial charge in [-0.2, -0.15) is 0 Å². The number of halogens is 1. The summed E-state index contributed by atoms with van der Waals surface area (Å²) in [6, 6.07) is 12.3. The van der Waals surface area contributed by atoms with Gasteiger partial charge >= 0.3 is 0 Å². The first-order valence-electron chi connectivity index (χ1n) is 10.1. The average molecular weight is 470 g/mol. The van der Waals surface area contributed by atoms with Crippen LogP contribution in [-0.2, 0) is 11.3 Å². The molecule has 0 bridgehead atoms. The zero-order valence-corrected chi connectivity index (χ0v) is 19.1. The minimum absolute atomic E-state index is 0.0528. The Labute approximate surface area is 195 Å². The molecule has 2 amide bonds. The number of aromatic nitrogens is 3. The number of hydrogen-bond acceptors (Lipinski definition) is 6. The SMILES string of the molecule is C=CCn1c(SCC(=O)Nc2cccc(OC)c2)nnc1[C@H](C)NC(=O)c1ccccc1F. The maximum atomic E-state index is 13.9. The lowest BCUT2D eigenvalue weighted by molar-refractivity contribution is -0.113. The minimum Gasteiger partial charge on any atom is -0.497 e. The second kappa shape index (κ2) is 11.3. The van der Waals surface area contributed by atoms with Crippen molar-refractivity contribution in [3.8, 4) is 5.75 Å².